The molecule has 2 aliphatic heterocycles. The van der Waals surface area contributed by atoms with Gasteiger partial charge < -0.3 is 20.9 Å². The highest BCUT2D eigenvalue weighted by Crippen LogP contribution is 2.31. The molecule has 4 heterocycles. The molecule has 5 aromatic rings. The number of thiophene rings is 1. The van der Waals surface area contributed by atoms with Crippen molar-refractivity contribution in [1.29, 1.82) is 0 Å². The van der Waals surface area contributed by atoms with Crippen LogP contribution in [0, 0.1) is 18.8 Å². The normalized spacial score (nSPS) is 15.2. The standard InChI is InChI=1S/C38H30N6O5S/c1-22-7-2-4-10-29(22)41-34-30(42-36(47)28-21-50-32-11-5-3-9-27(28)32)18-24(19-40-34)35(46)39-16-6-8-23-12-13-26-25(17-23)20-44(38(26)49)31-14-15-33(45)43-37(31)48/h2-5,7,9-13,17-19,21,31H,14-16,20H2,1H3,(H,39,46)(H,40,41)(H,42,47)(H,43,45,48). The van der Waals surface area contributed by atoms with Crippen molar-refractivity contribution in [2.75, 3.05) is 17.2 Å². The van der Waals surface area contributed by atoms with Crippen LogP contribution in [0.2, 0.25) is 0 Å². The topological polar surface area (TPSA) is 150 Å². The lowest BCUT2D eigenvalue weighted by Gasteiger charge is -2.29. The summed E-state index contributed by atoms with van der Waals surface area (Å²) in [7, 11) is 0. The first-order chi connectivity index (χ1) is 24.2. The predicted octanol–water partition coefficient (Wildman–Crippen LogP) is 5.14. The van der Waals surface area contributed by atoms with Gasteiger partial charge in [0, 0.05) is 51.4 Å². The van der Waals surface area contributed by atoms with E-state index in [0.29, 0.717) is 28.2 Å². The first-order valence-corrected chi connectivity index (χ1v) is 16.8. The quantitative estimate of drug-likeness (QED) is 0.137. The van der Waals surface area contributed by atoms with Gasteiger partial charge >= 0.3 is 0 Å². The molecule has 3 aromatic carbocycles. The number of nitrogens with zero attached hydrogens (tertiary/aromatic N) is 2. The summed E-state index contributed by atoms with van der Waals surface area (Å²) >= 11 is 1.48. The van der Waals surface area contributed by atoms with Crippen molar-refractivity contribution in [3.63, 3.8) is 0 Å². The summed E-state index contributed by atoms with van der Waals surface area (Å²) in [6, 6.07) is 21.4. The van der Waals surface area contributed by atoms with Crippen LogP contribution in [0.5, 0.6) is 0 Å². The number of benzene rings is 3. The van der Waals surface area contributed by atoms with Gasteiger partial charge in [0.2, 0.25) is 11.8 Å². The maximum atomic E-state index is 13.5. The van der Waals surface area contributed by atoms with E-state index in [-0.39, 0.29) is 49.2 Å². The van der Waals surface area contributed by atoms with Crippen LogP contribution in [0.4, 0.5) is 17.2 Å². The molecule has 11 nitrogen and oxygen atoms in total. The van der Waals surface area contributed by atoms with E-state index in [2.05, 4.69) is 38.1 Å². The smallest absolute Gasteiger partial charge is 0.257 e. The second kappa shape index (κ2) is 13.7. The summed E-state index contributed by atoms with van der Waals surface area (Å²) in [5.74, 6) is 4.54. The van der Waals surface area contributed by atoms with E-state index < -0.39 is 17.9 Å². The van der Waals surface area contributed by atoms with E-state index in [9.17, 15) is 24.0 Å². The number of carbonyl (C=O) groups is 5. The van der Waals surface area contributed by atoms with Crippen LogP contribution >= 0.6 is 11.3 Å². The molecule has 0 aliphatic carbocycles. The summed E-state index contributed by atoms with van der Waals surface area (Å²) in [6.07, 6.45) is 1.91. The Morgan fingerprint density at radius 3 is 2.66 bits per heavy atom. The molecule has 7 rings (SSSR count). The van der Waals surface area contributed by atoms with E-state index in [1.807, 2.05) is 60.8 Å². The van der Waals surface area contributed by atoms with E-state index in [0.717, 1.165) is 26.9 Å². The van der Waals surface area contributed by atoms with Crippen molar-refractivity contribution in [3.8, 4) is 11.8 Å². The number of nitrogens with one attached hydrogen (secondary N) is 4. The summed E-state index contributed by atoms with van der Waals surface area (Å²) < 4.78 is 0.992. The molecule has 2 aromatic heterocycles. The van der Waals surface area contributed by atoms with Crippen LogP contribution in [0.1, 0.15) is 60.6 Å². The number of carbonyl (C=O) groups excluding carboxylic acids is 5. The minimum atomic E-state index is -0.691. The lowest BCUT2D eigenvalue weighted by atomic mass is 10.0. The SMILES string of the molecule is Cc1ccccc1Nc1ncc(C(=O)NCC#Cc2ccc3c(c2)CN(C2CCC(=O)NC2=O)C3=O)cc1NC(=O)c1csc2ccccc12. The molecule has 4 N–H and O–H groups in total. The Morgan fingerprint density at radius 1 is 1.00 bits per heavy atom. The fourth-order valence-corrected chi connectivity index (χ4v) is 6.93. The van der Waals surface area contributed by atoms with Crippen LogP contribution in [0.3, 0.4) is 0 Å². The number of anilines is 3. The zero-order valence-corrected chi connectivity index (χ0v) is 27.6. The first-order valence-electron chi connectivity index (χ1n) is 15.9. The van der Waals surface area contributed by atoms with Gasteiger partial charge in [-0.25, -0.2) is 4.98 Å². The highest BCUT2D eigenvalue weighted by Gasteiger charge is 2.39. The zero-order valence-electron chi connectivity index (χ0n) is 26.8. The number of para-hydroxylation sites is 1. The lowest BCUT2D eigenvalue weighted by molar-refractivity contribution is -0.136. The van der Waals surface area contributed by atoms with E-state index >= 15 is 0 Å². The van der Waals surface area contributed by atoms with Crippen molar-refractivity contribution >= 4 is 68.2 Å². The molecule has 5 amide bonds. The number of hydrogen-bond donors (Lipinski definition) is 4. The number of piperidine rings is 1. The third-order valence-electron chi connectivity index (χ3n) is 8.62. The Labute approximate surface area is 291 Å². The van der Waals surface area contributed by atoms with Crippen LogP contribution in [-0.2, 0) is 16.1 Å². The maximum Gasteiger partial charge on any atom is 0.257 e. The van der Waals surface area contributed by atoms with Gasteiger partial charge in [-0.05, 0) is 60.9 Å². The molecule has 12 heteroatoms. The van der Waals surface area contributed by atoms with Crippen molar-refractivity contribution in [3.05, 3.63) is 118 Å². The predicted molar refractivity (Wildman–Crippen MR) is 190 cm³/mol. The number of aryl methyl sites for hydroxylation is 1. The summed E-state index contributed by atoms with van der Waals surface area (Å²) in [4.78, 5) is 69.5. The van der Waals surface area contributed by atoms with Gasteiger partial charge in [0.1, 0.15) is 6.04 Å². The van der Waals surface area contributed by atoms with Gasteiger partial charge in [0.05, 0.1) is 23.4 Å². The van der Waals surface area contributed by atoms with Crippen LogP contribution in [0.15, 0.2) is 84.4 Å². The number of imide groups is 1. The number of pyridine rings is 1. The minimum absolute atomic E-state index is 0.0308. The fraction of sp³-hybridized carbons (Fsp3) is 0.158. The molecular formula is C38H30N6O5S. The highest BCUT2D eigenvalue weighted by molar-refractivity contribution is 7.17. The first kappa shape index (κ1) is 32.2. The summed E-state index contributed by atoms with van der Waals surface area (Å²) in [6.45, 7) is 2.23. The van der Waals surface area contributed by atoms with E-state index in [1.165, 1.54) is 22.4 Å². The summed E-state index contributed by atoms with van der Waals surface area (Å²) in [5.41, 5.74) is 4.78. The molecule has 2 aliphatic rings. The molecule has 50 heavy (non-hydrogen) atoms. The maximum absolute atomic E-state index is 13.5. The number of rotatable bonds is 7. The molecule has 1 fully saturated rings. The van der Waals surface area contributed by atoms with Gasteiger partial charge in [-0.2, -0.15) is 0 Å². The second-order valence-electron chi connectivity index (χ2n) is 11.9. The Kier molecular flexibility index (Phi) is 8.81. The monoisotopic (exact) mass is 682 g/mol. The minimum Gasteiger partial charge on any atom is -0.341 e. The van der Waals surface area contributed by atoms with Crippen molar-refractivity contribution < 1.29 is 24.0 Å². The second-order valence-corrected chi connectivity index (χ2v) is 12.8. The third kappa shape index (κ3) is 6.54. The van der Waals surface area contributed by atoms with Crippen molar-refractivity contribution in [2.24, 2.45) is 0 Å². The van der Waals surface area contributed by atoms with Crippen LogP contribution < -0.4 is 21.3 Å². The Balaban J connectivity index is 1.05. The number of amides is 5. The summed E-state index contributed by atoms with van der Waals surface area (Å²) in [5, 5.41) is 14.0. The molecule has 0 bridgehead atoms. The number of fused-ring (bicyclic) bond motifs is 2. The third-order valence-corrected chi connectivity index (χ3v) is 9.58. The molecule has 1 atom stereocenters. The Morgan fingerprint density at radius 2 is 1.82 bits per heavy atom. The van der Waals surface area contributed by atoms with Gasteiger partial charge in [-0.1, -0.05) is 48.2 Å². The zero-order chi connectivity index (χ0) is 34.8. The Hall–Kier alpha value is -6.32. The van der Waals surface area contributed by atoms with Gasteiger partial charge in [0.25, 0.3) is 17.7 Å². The number of hydrogen-bond acceptors (Lipinski definition) is 8. The molecule has 0 saturated carbocycles. The highest BCUT2D eigenvalue weighted by atomic mass is 32.1. The van der Waals surface area contributed by atoms with Crippen LogP contribution in [-0.4, -0.2) is 52.0 Å². The largest absolute Gasteiger partial charge is 0.341 e. The Bertz CT molecular complexity index is 2290. The molecule has 0 radical (unpaired) electrons. The lowest BCUT2D eigenvalue weighted by Crippen LogP contribution is -2.52. The van der Waals surface area contributed by atoms with Gasteiger partial charge in [-0.3, -0.25) is 29.3 Å². The fourth-order valence-electron chi connectivity index (χ4n) is 5.99. The average molecular weight is 683 g/mol. The molecule has 248 valence electrons. The van der Waals surface area contributed by atoms with Crippen LogP contribution in [0.25, 0.3) is 10.1 Å². The number of aromatic nitrogens is 1. The van der Waals surface area contributed by atoms with E-state index in [1.54, 1.807) is 24.3 Å². The van der Waals surface area contributed by atoms with Crippen molar-refractivity contribution in [1.82, 2.24) is 20.5 Å². The van der Waals surface area contributed by atoms with E-state index in [4.69, 9.17) is 0 Å². The van der Waals surface area contributed by atoms with Gasteiger partial charge in [-0.15, -0.1) is 11.3 Å². The van der Waals surface area contributed by atoms with Gasteiger partial charge in [0.15, 0.2) is 5.82 Å². The molecule has 0 spiro atoms. The molecule has 1 unspecified atom stereocenters. The van der Waals surface area contributed by atoms with Crippen molar-refractivity contribution in [2.45, 2.75) is 32.4 Å². The molecule has 1 saturated heterocycles. The average Bonchev–Trinajstić information content (AvgIpc) is 3.69. The molecular weight excluding hydrogens is 653 g/mol.